The summed E-state index contributed by atoms with van der Waals surface area (Å²) in [5, 5.41) is 0. The second-order valence-corrected chi connectivity index (χ2v) is 1.51. The highest BCUT2D eigenvalue weighted by Crippen LogP contribution is 1.92. The third-order valence-electron chi connectivity index (χ3n) is 0.940. The summed E-state index contributed by atoms with van der Waals surface area (Å²) in [6.07, 6.45) is 5.10. The van der Waals surface area contributed by atoms with Gasteiger partial charge in [0.05, 0.1) is 0 Å². The molecule has 1 aromatic rings. The molecule has 1 heteroatoms. The zero-order chi connectivity index (χ0) is 5.82. The number of hydrogen-bond donors (Lipinski definition) is 0. The van der Waals surface area contributed by atoms with Gasteiger partial charge in [-0.2, -0.15) is 0 Å². The van der Waals surface area contributed by atoms with Gasteiger partial charge in [0.25, 0.3) is 0 Å². The summed E-state index contributed by atoms with van der Waals surface area (Å²) in [6.45, 7) is 0. The average molecular weight is 121 g/mol. The van der Waals surface area contributed by atoms with Crippen molar-refractivity contribution in [3.05, 3.63) is 35.9 Å². The Morgan fingerprint density at radius 3 is 2.00 bits per heavy atom. The molecular weight excluding hydrogens is 115 g/mol. The first-order valence-corrected chi connectivity index (χ1v) is 2.45. The molecule has 0 aliphatic carbocycles. The fourth-order valence-corrected chi connectivity index (χ4v) is 0.534. The van der Waals surface area contributed by atoms with Crippen molar-refractivity contribution < 1.29 is 4.70 Å². The molecule has 0 atom stereocenters. The van der Waals surface area contributed by atoms with E-state index in [2.05, 4.69) is 5.92 Å². The Morgan fingerprint density at radius 2 is 1.67 bits per heavy atom. The summed E-state index contributed by atoms with van der Waals surface area (Å²) in [4.78, 5) is 0. The maximum absolute atomic E-state index is 5.10. The molecule has 1 aromatic carbocycles. The lowest BCUT2D eigenvalue weighted by molar-refractivity contribution is -0.00000158. The molecule has 0 unspecified atom stereocenters. The summed E-state index contributed by atoms with van der Waals surface area (Å²) in [5.41, 5.74) is 0.938. The van der Waals surface area contributed by atoms with Crippen LogP contribution in [-0.4, -0.2) is 0 Å². The maximum Gasteiger partial charge on any atom is 0.0242 e. The van der Waals surface area contributed by atoms with Crippen molar-refractivity contribution in [2.24, 2.45) is 0 Å². The van der Waals surface area contributed by atoms with Crippen molar-refractivity contribution in [1.29, 1.82) is 0 Å². The van der Waals surface area contributed by atoms with E-state index in [9.17, 15) is 0 Å². The molecule has 0 aromatic heterocycles. The lowest BCUT2D eigenvalue weighted by Gasteiger charge is -1.82. The maximum atomic E-state index is 5.10. The molecule has 46 valence electrons. The lowest BCUT2D eigenvalue weighted by Crippen LogP contribution is -3.00. The van der Waals surface area contributed by atoms with Gasteiger partial charge in [-0.05, 0) is 12.1 Å². The quantitative estimate of drug-likeness (QED) is 0.373. The van der Waals surface area contributed by atoms with Crippen LogP contribution in [0.1, 0.15) is 5.56 Å². The monoisotopic (exact) mass is 121 g/mol. The number of rotatable bonds is 0. The van der Waals surface area contributed by atoms with Crippen LogP contribution in [0.2, 0.25) is 0 Å². The topological polar surface area (TPSA) is 0 Å². The molecule has 0 amide bonds. The van der Waals surface area contributed by atoms with E-state index in [1.807, 2.05) is 30.3 Å². The zero-order valence-corrected chi connectivity index (χ0v) is 4.84. The second kappa shape index (κ2) is 3.68. The second-order valence-electron chi connectivity index (χ2n) is 1.51. The SMILES string of the molecule is C#Cc1ccccc1.[F-]. The van der Waals surface area contributed by atoms with Gasteiger partial charge in [0, 0.05) is 5.56 Å². The van der Waals surface area contributed by atoms with Crippen molar-refractivity contribution in [2.75, 3.05) is 0 Å². The van der Waals surface area contributed by atoms with E-state index in [4.69, 9.17) is 6.42 Å². The van der Waals surface area contributed by atoms with Crippen LogP contribution >= 0.6 is 0 Å². The Labute approximate surface area is 53.9 Å². The molecule has 0 radical (unpaired) electrons. The highest BCUT2D eigenvalue weighted by atomic mass is 19.0. The first-order valence-electron chi connectivity index (χ1n) is 2.45. The number of hydrogen-bond acceptors (Lipinski definition) is 0. The van der Waals surface area contributed by atoms with Gasteiger partial charge in [-0.3, -0.25) is 0 Å². The van der Waals surface area contributed by atoms with Crippen molar-refractivity contribution in [1.82, 2.24) is 0 Å². The molecule has 0 spiro atoms. The van der Waals surface area contributed by atoms with E-state index < -0.39 is 0 Å². The minimum Gasteiger partial charge on any atom is -1.00 e. The largest absolute Gasteiger partial charge is 1.00 e. The highest BCUT2D eigenvalue weighted by molar-refractivity contribution is 5.30. The van der Waals surface area contributed by atoms with Crippen molar-refractivity contribution in [3.63, 3.8) is 0 Å². The highest BCUT2D eigenvalue weighted by Gasteiger charge is 1.76. The van der Waals surface area contributed by atoms with Gasteiger partial charge < -0.3 is 4.70 Å². The van der Waals surface area contributed by atoms with E-state index in [1.54, 1.807) is 0 Å². The van der Waals surface area contributed by atoms with E-state index in [0.29, 0.717) is 0 Å². The van der Waals surface area contributed by atoms with Gasteiger partial charge in [0.15, 0.2) is 0 Å². The van der Waals surface area contributed by atoms with Crippen molar-refractivity contribution in [3.8, 4) is 12.3 Å². The molecule has 0 saturated carbocycles. The van der Waals surface area contributed by atoms with Gasteiger partial charge in [-0.15, -0.1) is 6.42 Å². The molecule has 0 fully saturated rings. The molecule has 0 heterocycles. The summed E-state index contributed by atoms with van der Waals surface area (Å²) < 4.78 is 0. The summed E-state index contributed by atoms with van der Waals surface area (Å²) >= 11 is 0. The molecule has 0 aliphatic rings. The van der Waals surface area contributed by atoms with Crippen LogP contribution in [0.4, 0.5) is 0 Å². The predicted octanol–water partition coefficient (Wildman–Crippen LogP) is -1.33. The van der Waals surface area contributed by atoms with E-state index >= 15 is 0 Å². The molecule has 9 heavy (non-hydrogen) atoms. The Kier molecular flexibility index (Phi) is 3.15. The van der Waals surface area contributed by atoms with Gasteiger partial charge in [0.1, 0.15) is 0 Å². The molecule has 0 N–H and O–H groups in total. The number of benzene rings is 1. The lowest BCUT2D eigenvalue weighted by atomic mass is 10.2. The van der Waals surface area contributed by atoms with Gasteiger partial charge in [0.2, 0.25) is 0 Å². The van der Waals surface area contributed by atoms with E-state index in [-0.39, 0.29) is 4.70 Å². The Balaban J connectivity index is 0.000000640. The van der Waals surface area contributed by atoms with Crippen LogP contribution < -0.4 is 4.70 Å². The normalized spacial score (nSPS) is 7.00. The standard InChI is InChI=1S/C8H6.FH/c1-2-8-6-4-3-5-7-8;/h1,3-7H;1H/p-1. The third-order valence-corrected chi connectivity index (χ3v) is 0.940. The van der Waals surface area contributed by atoms with Crippen molar-refractivity contribution >= 4 is 0 Å². The number of terminal acetylenes is 1. The van der Waals surface area contributed by atoms with Crippen LogP contribution in [0.15, 0.2) is 30.3 Å². The van der Waals surface area contributed by atoms with E-state index in [1.165, 1.54) is 0 Å². The van der Waals surface area contributed by atoms with Crippen LogP contribution in [0, 0.1) is 12.3 Å². The average Bonchev–Trinajstić information content (AvgIpc) is 1.90. The van der Waals surface area contributed by atoms with Gasteiger partial charge in [-0.1, -0.05) is 24.1 Å². The molecule has 0 bridgehead atoms. The number of halogens is 1. The van der Waals surface area contributed by atoms with Crippen LogP contribution in [0.5, 0.6) is 0 Å². The first-order chi connectivity index (χ1) is 3.93. The Bertz CT molecular complexity index is 196. The fraction of sp³-hybridized carbons (Fsp3) is 0. The molecule has 0 aliphatic heterocycles. The molecule has 0 saturated heterocycles. The van der Waals surface area contributed by atoms with Gasteiger partial charge >= 0.3 is 0 Å². The minimum atomic E-state index is 0. The summed E-state index contributed by atoms with van der Waals surface area (Å²) in [5.74, 6) is 2.53. The summed E-state index contributed by atoms with van der Waals surface area (Å²) in [7, 11) is 0. The summed E-state index contributed by atoms with van der Waals surface area (Å²) in [6, 6.07) is 9.60. The first kappa shape index (κ1) is 7.71. The van der Waals surface area contributed by atoms with Crippen LogP contribution in [0.3, 0.4) is 0 Å². The Hall–Kier alpha value is -1.29. The molecule has 1 rings (SSSR count). The minimum absolute atomic E-state index is 0. The third kappa shape index (κ3) is 1.96. The molecule has 0 nitrogen and oxygen atoms in total. The zero-order valence-electron chi connectivity index (χ0n) is 4.84. The predicted molar refractivity (Wildman–Crippen MR) is 34.4 cm³/mol. The fourth-order valence-electron chi connectivity index (χ4n) is 0.534. The van der Waals surface area contributed by atoms with Gasteiger partial charge in [-0.25, -0.2) is 0 Å². The van der Waals surface area contributed by atoms with Crippen LogP contribution in [0.25, 0.3) is 0 Å². The smallest absolute Gasteiger partial charge is 0.0242 e. The van der Waals surface area contributed by atoms with Crippen LogP contribution in [-0.2, 0) is 0 Å². The van der Waals surface area contributed by atoms with E-state index in [0.717, 1.165) is 5.56 Å². The Morgan fingerprint density at radius 1 is 1.11 bits per heavy atom. The van der Waals surface area contributed by atoms with Crippen molar-refractivity contribution in [2.45, 2.75) is 0 Å². The molecular formula is C8H6F-.